The summed E-state index contributed by atoms with van der Waals surface area (Å²) in [4.78, 5) is 0. The van der Waals surface area contributed by atoms with Crippen LogP contribution in [-0.4, -0.2) is 0 Å². The van der Waals surface area contributed by atoms with Gasteiger partial charge in [-0.05, 0) is 235 Å². The summed E-state index contributed by atoms with van der Waals surface area (Å²) in [5.74, 6) is 12.1. The molecular weight excluding hydrogens is 1130 g/mol. The zero-order valence-corrected chi connectivity index (χ0v) is 64.3. The third-order valence-electron chi connectivity index (χ3n) is 21.3. The van der Waals surface area contributed by atoms with Gasteiger partial charge in [-0.3, -0.25) is 0 Å². The molecule has 0 aromatic heterocycles. The average Bonchev–Trinajstić information content (AvgIpc) is 2.41. The Labute approximate surface area is 574 Å². The van der Waals surface area contributed by atoms with E-state index in [0.717, 1.165) is 94.0 Å². The highest BCUT2D eigenvalue weighted by Crippen LogP contribution is 2.31. The second-order valence-electron chi connectivity index (χ2n) is 32.4. The van der Waals surface area contributed by atoms with Gasteiger partial charge in [-0.15, -0.1) is 0 Å². The Morgan fingerprint density at radius 2 is 0.467 bits per heavy atom. The maximum Gasteiger partial charge on any atom is 0.161 e. The minimum atomic E-state index is -0.736. The van der Waals surface area contributed by atoms with E-state index in [1.807, 2.05) is 26.0 Å². The monoisotopic (exact) mass is 1290 g/mol. The van der Waals surface area contributed by atoms with Crippen molar-refractivity contribution in [3.63, 3.8) is 0 Å². The molecule has 11 rings (SSSR count). The van der Waals surface area contributed by atoms with Crippen LogP contribution >= 0.6 is 0 Å². The molecule has 4 heteroatoms. The molecule has 0 radical (unpaired) electrons. The first-order chi connectivity index (χ1) is 43.3. The first-order valence-corrected chi connectivity index (χ1v) is 38.2. The fourth-order valence-electron chi connectivity index (χ4n) is 12.6. The number of aryl methyl sites for hydroxylation is 6. The number of hydrogen-bond acceptors (Lipinski definition) is 0. The van der Waals surface area contributed by atoms with Crippen LogP contribution in [0.5, 0.6) is 0 Å². The maximum absolute atomic E-state index is 12.6. The smallest absolute Gasteiger partial charge is 0.161 e. The van der Waals surface area contributed by atoms with E-state index in [1.54, 1.807) is 49.3 Å². The highest BCUT2D eigenvalue weighted by Gasteiger charge is 2.17. The summed E-state index contributed by atoms with van der Waals surface area (Å²) in [5, 5.41) is 0. The summed E-state index contributed by atoms with van der Waals surface area (Å²) in [6.45, 7) is 47.7. The van der Waals surface area contributed by atoms with Gasteiger partial charge in [0.15, 0.2) is 11.6 Å². The molecule has 8 aliphatic carbocycles. The standard InChI is InChI=1S/C8H8F2.2C8H9F.5C8H16.3C8H14.3H2/c1-5-3-4-6(2)8(10)7(5)9;2*1-6-3-4-7(2)8(9)5-6;8*1-7-3-5-8(2)6-4-7;;;/h3-4H,1-2H3;2*3-5H,1-2H3;5*7-8H,3-6H2,1-2H3;2*3,8H,4-6H2,1-2H3;3,5,7-8H,4,6H2,1-2H3;3*1H. The third kappa shape index (κ3) is 44.4. The topological polar surface area (TPSA) is 0 Å². The van der Waals surface area contributed by atoms with Crippen molar-refractivity contribution < 1.29 is 21.8 Å². The van der Waals surface area contributed by atoms with Crippen LogP contribution in [0, 0.1) is 148 Å². The first kappa shape index (κ1) is 86.6. The van der Waals surface area contributed by atoms with Crippen LogP contribution in [0.25, 0.3) is 0 Å². The highest BCUT2D eigenvalue weighted by molar-refractivity contribution is 5.24. The number of halogens is 4. The number of hydrogen-bond donors (Lipinski definition) is 0. The molecule has 0 heterocycles. The molecule has 0 saturated heterocycles. The van der Waals surface area contributed by atoms with E-state index in [2.05, 4.69) is 135 Å². The first-order valence-electron chi connectivity index (χ1n) is 38.2. The number of benzene rings is 3. The van der Waals surface area contributed by atoms with Crippen LogP contribution in [0.4, 0.5) is 17.6 Å². The molecule has 0 spiro atoms. The van der Waals surface area contributed by atoms with Gasteiger partial charge in [-0.1, -0.05) is 297 Å². The van der Waals surface area contributed by atoms with Crippen molar-refractivity contribution in [3.05, 3.63) is 141 Å². The van der Waals surface area contributed by atoms with Crippen LogP contribution in [-0.2, 0) is 0 Å². The lowest BCUT2D eigenvalue weighted by molar-refractivity contribution is 0.308. The molecule has 0 amide bonds. The fraction of sp³-hybridized carbons (Fsp3) is 0.727. The number of rotatable bonds is 0. The molecule has 5 fully saturated rings. The van der Waals surface area contributed by atoms with Gasteiger partial charge >= 0.3 is 0 Å². The van der Waals surface area contributed by atoms with E-state index < -0.39 is 11.6 Å². The van der Waals surface area contributed by atoms with Crippen molar-refractivity contribution >= 4 is 0 Å². The van der Waals surface area contributed by atoms with Crippen LogP contribution in [0.1, 0.15) is 328 Å². The second kappa shape index (κ2) is 50.0. The van der Waals surface area contributed by atoms with Crippen molar-refractivity contribution in [3.8, 4) is 0 Å². The van der Waals surface area contributed by atoms with Crippen LogP contribution in [0.15, 0.2) is 84.0 Å². The van der Waals surface area contributed by atoms with Crippen molar-refractivity contribution in [2.45, 2.75) is 332 Å². The Morgan fingerprint density at radius 1 is 0.261 bits per heavy atom. The van der Waals surface area contributed by atoms with Gasteiger partial charge in [0.2, 0.25) is 0 Å². The Morgan fingerprint density at radius 3 is 0.620 bits per heavy atom. The Bertz CT molecular complexity index is 2140. The maximum atomic E-state index is 12.6. The van der Waals surface area contributed by atoms with Crippen molar-refractivity contribution in [2.75, 3.05) is 0 Å². The fourth-order valence-corrected chi connectivity index (χ4v) is 12.6. The molecule has 0 N–H and O–H groups in total. The van der Waals surface area contributed by atoms with E-state index in [9.17, 15) is 17.6 Å². The summed E-state index contributed by atoms with van der Waals surface area (Å²) in [7, 11) is 0. The predicted molar refractivity (Wildman–Crippen MR) is 408 cm³/mol. The zero-order chi connectivity index (χ0) is 69.3. The molecule has 8 aliphatic rings. The van der Waals surface area contributed by atoms with E-state index in [0.29, 0.717) is 22.3 Å². The highest BCUT2D eigenvalue weighted by atomic mass is 19.2. The minimum absolute atomic E-state index is 0. The SMILES string of the molecule is CC1=CCC(C)CC1.CC1=CCC(C)CC1.CC1C=CC(C)CC1.CC1CCC(C)CC1.CC1CCC(C)CC1.CC1CCC(C)CC1.CC1CCC(C)CC1.CC1CCC(C)CC1.Cc1ccc(C)c(F)c1.Cc1ccc(C)c(F)c1.Cc1ccc(C)c(F)c1F.[HH].[HH].[HH]. The van der Waals surface area contributed by atoms with Gasteiger partial charge in [-0.25, -0.2) is 17.6 Å². The molecular formula is C88H154F4. The molecule has 3 aromatic rings. The van der Waals surface area contributed by atoms with Crippen molar-refractivity contribution in [2.24, 2.45) is 82.9 Å². The Kier molecular flexibility index (Phi) is 47.1. The van der Waals surface area contributed by atoms with Crippen LogP contribution in [0.3, 0.4) is 0 Å². The summed E-state index contributed by atoms with van der Waals surface area (Å²) in [6, 6.07) is 13.6. The molecule has 3 aromatic carbocycles. The van der Waals surface area contributed by atoms with E-state index in [4.69, 9.17) is 0 Å². The second-order valence-corrected chi connectivity index (χ2v) is 32.4. The average molecular weight is 1290 g/mol. The lowest BCUT2D eigenvalue weighted by atomic mass is 9.84. The Balaban J connectivity index is -0.000000978. The molecule has 4 unspecified atom stereocenters. The minimum Gasteiger partial charge on any atom is -0.207 e. The summed E-state index contributed by atoms with van der Waals surface area (Å²) in [6.07, 6.45) is 49.7. The molecule has 5 saturated carbocycles. The molecule has 0 nitrogen and oxygen atoms in total. The number of allylic oxidation sites excluding steroid dienone is 6. The molecule has 92 heavy (non-hydrogen) atoms. The zero-order valence-electron chi connectivity index (χ0n) is 64.3. The molecule has 4 atom stereocenters. The van der Waals surface area contributed by atoms with Crippen LogP contribution in [0.2, 0.25) is 0 Å². The van der Waals surface area contributed by atoms with Gasteiger partial charge in [0.1, 0.15) is 11.6 Å². The van der Waals surface area contributed by atoms with Gasteiger partial charge in [0, 0.05) is 4.28 Å². The van der Waals surface area contributed by atoms with E-state index in [1.165, 1.54) is 206 Å². The van der Waals surface area contributed by atoms with Crippen molar-refractivity contribution in [1.29, 1.82) is 0 Å². The molecule has 0 bridgehead atoms. The van der Waals surface area contributed by atoms with Gasteiger partial charge in [0.25, 0.3) is 0 Å². The largest absolute Gasteiger partial charge is 0.207 e. The van der Waals surface area contributed by atoms with Gasteiger partial charge in [-0.2, -0.15) is 0 Å². The molecule has 534 valence electrons. The third-order valence-corrected chi connectivity index (χ3v) is 21.3. The van der Waals surface area contributed by atoms with E-state index >= 15 is 0 Å². The van der Waals surface area contributed by atoms with E-state index in [-0.39, 0.29) is 15.9 Å². The lowest BCUT2D eigenvalue weighted by Gasteiger charge is -2.22. The van der Waals surface area contributed by atoms with Crippen molar-refractivity contribution in [1.82, 2.24) is 0 Å². The lowest BCUT2D eigenvalue weighted by Crippen LogP contribution is -2.08. The van der Waals surface area contributed by atoms with Gasteiger partial charge in [0.05, 0.1) is 0 Å². The quantitative estimate of drug-likeness (QED) is 0.155. The summed E-state index contributed by atoms with van der Waals surface area (Å²) in [5.41, 5.74) is 7.23. The Hall–Kier alpha value is -3.40. The predicted octanol–water partition coefficient (Wildman–Crippen LogP) is 30.5. The molecule has 0 aliphatic heterocycles. The normalized spacial score (nSPS) is 28.7. The summed E-state index contributed by atoms with van der Waals surface area (Å²) < 4.78 is 50.4. The summed E-state index contributed by atoms with van der Waals surface area (Å²) >= 11 is 0. The van der Waals surface area contributed by atoms with Gasteiger partial charge < -0.3 is 0 Å². The van der Waals surface area contributed by atoms with Crippen LogP contribution < -0.4 is 0 Å².